The zero-order valence-corrected chi connectivity index (χ0v) is 18.8. The number of unbranched alkanes of at least 4 members (excludes halogenated alkanes) is 2. The highest BCUT2D eigenvalue weighted by molar-refractivity contribution is 6.39. The first kappa shape index (κ1) is 24.2. The molecule has 2 aromatic carbocycles. The monoisotopic (exact) mass is 460 g/mol. The predicted molar refractivity (Wildman–Crippen MR) is 124 cm³/mol. The highest BCUT2D eigenvalue weighted by Crippen LogP contribution is 2.38. The van der Waals surface area contributed by atoms with E-state index in [2.05, 4.69) is 22.8 Å². The number of hydrogen-bond acceptors (Lipinski definition) is 3. The molecule has 3 atom stereocenters. The standard InChI is InChI=1S/C25H30ClFN2O3/c26-21-12-11-20(16-22(21)27)28-24(31)25(32)29-23-13-10-18(17-7-3-1-4-8-17)15-19(23)9-5-2-6-14-30/h1,3-4,7-8,11-12,16,18-19,23,30H,2,5-6,9-10,13-15H2,(H,28,31)(H,29,32). The van der Waals surface area contributed by atoms with Gasteiger partial charge in [-0.2, -0.15) is 0 Å². The predicted octanol–water partition coefficient (Wildman–Crippen LogP) is 5.04. The lowest BCUT2D eigenvalue weighted by atomic mass is 9.73. The van der Waals surface area contributed by atoms with Crippen LogP contribution in [-0.2, 0) is 9.59 Å². The van der Waals surface area contributed by atoms with Crippen LogP contribution in [0.25, 0.3) is 0 Å². The first-order chi connectivity index (χ1) is 15.5. The number of carbonyl (C=O) groups excluding carboxylic acids is 2. The minimum Gasteiger partial charge on any atom is -0.396 e. The smallest absolute Gasteiger partial charge is 0.313 e. The summed E-state index contributed by atoms with van der Waals surface area (Å²) in [6.07, 6.45) is 6.27. The Morgan fingerprint density at radius 1 is 1.03 bits per heavy atom. The number of aliphatic hydroxyl groups is 1. The summed E-state index contributed by atoms with van der Waals surface area (Å²) in [5, 5.41) is 14.3. The molecule has 0 aromatic heterocycles. The molecule has 0 heterocycles. The van der Waals surface area contributed by atoms with Gasteiger partial charge in [0.1, 0.15) is 5.82 Å². The third-order valence-electron chi connectivity index (χ3n) is 6.19. The normalized spacial score (nSPS) is 20.5. The van der Waals surface area contributed by atoms with Crippen molar-refractivity contribution < 1.29 is 19.1 Å². The van der Waals surface area contributed by atoms with Crippen LogP contribution in [0.5, 0.6) is 0 Å². The lowest BCUT2D eigenvalue weighted by Crippen LogP contribution is -2.47. The molecule has 3 unspecified atom stereocenters. The SMILES string of the molecule is O=C(Nc1ccc(Cl)c(F)c1)C(=O)NC1CCC(c2ccccc2)CC1CCCCCO. The summed E-state index contributed by atoms with van der Waals surface area (Å²) in [6, 6.07) is 14.2. The van der Waals surface area contributed by atoms with Crippen LogP contribution in [-0.4, -0.2) is 29.6 Å². The van der Waals surface area contributed by atoms with Gasteiger partial charge in [-0.05, 0) is 67.7 Å². The van der Waals surface area contributed by atoms with Gasteiger partial charge >= 0.3 is 11.8 Å². The van der Waals surface area contributed by atoms with E-state index in [4.69, 9.17) is 16.7 Å². The molecule has 0 spiro atoms. The van der Waals surface area contributed by atoms with Gasteiger partial charge in [0.25, 0.3) is 0 Å². The van der Waals surface area contributed by atoms with Crippen molar-refractivity contribution in [2.24, 2.45) is 5.92 Å². The Kier molecular flexibility index (Phi) is 9.06. The number of amides is 2. The Morgan fingerprint density at radius 2 is 1.81 bits per heavy atom. The van der Waals surface area contributed by atoms with Crippen LogP contribution in [0.4, 0.5) is 10.1 Å². The highest BCUT2D eigenvalue weighted by Gasteiger charge is 2.33. The fraction of sp³-hybridized carbons (Fsp3) is 0.440. The van der Waals surface area contributed by atoms with Crippen LogP contribution >= 0.6 is 11.6 Å². The van der Waals surface area contributed by atoms with E-state index < -0.39 is 17.6 Å². The fourth-order valence-electron chi connectivity index (χ4n) is 4.49. The molecule has 7 heteroatoms. The van der Waals surface area contributed by atoms with Crippen molar-refractivity contribution in [1.29, 1.82) is 0 Å². The lowest BCUT2D eigenvalue weighted by molar-refractivity contribution is -0.137. The first-order valence-corrected chi connectivity index (χ1v) is 11.6. The van der Waals surface area contributed by atoms with Gasteiger partial charge in [-0.1, -0.05) is 54.8 Å². The van der Waals surface area contributed by atoms with Gasteiger partial charge in [0.2, 0.25) is 0 Å². The van der Waals surface area contributed by atoms with Crippen molar-refractivity contribution in [3.05, 3.63) is 64.9 Å². The summed E-state index contributed by atoms with van der Waals surface area (Å²) in [5.74, 6) is -1.53. The maximum Gasteiger partial charge on any atom is 0.313 e. The van der Waals surface area contributed by atoms with Crippen molar-refractivity contribution in [3.8, 4) is 0 Å². The molecule has 172 valence electrons. The average molecular weight is 461 g/mol. The third-order valence-corrected chi connectivity index (χ3v) is 6.49. The molecule has 1 fully saturated rings. The molecule has 2 aromatic rings. The Balaban J connectivity index is 1.61. The van der Waals surface area contributed by atoms with Crippen LogP contribution in [0.15, 0.2) is 48.5 Å². The Hall–Kier alpha value is -2.44. The second kappa shape index (κ2) is 12.0. The van der Waals surface area contributed by atoms with Crippen molar-refractivity contribution in [2.75, 3.05) is 11.9 Å². The van der Waals surface area contributed by atoms with Gasteiger partial charge in [0.15, 0.2) is 0 Å². The van der Waals surface area contributed by atoms with Gasteiger partial charge in [0.05, 0.1) is 5.02 Å². The molecular weight excluding hydrogens is 431 g/mol. The Bertz CT molecular complexity index is 909. The van der Waals surface area contributed by atoms with E-state index in [0.717, 1.165) is 51.0 Å². The fourth-order valence-corrected chi connectivity index (χ4v) is 4.61. The molecule has 2 amide bonds. The number of benzene rings is 2. The molecular formula is C25H30ClFN2O3. The summed E-state index contributed by atoms with van der Waals surface area (Å²) < 4.78 is 13.6. The molecule has 3 N–H and O–H groups in total. The zero-order valence-electron chi connectivity index (χ0n) is 18.0. The number of nitrogens with one attached hydrogen (secondary N) is 2. The van der Waals surface area contributed by atoms with Gasteiger partial charge in [-0.25, -0.2) is 4.39 Å². The zero-order chi connectivity index (χ0) is 22.9. The summed E-state index contributed by atoms with van der Waals surface area (Å²) in [5.41, 5.74) is 1.49. The number of carbonyl (C=O) groups is 2. The molecule has 0 radical (unpaired) electrons. The molecule has 0 bridgehead atoms. The van der Waals surface area contributed by atoms with Crippen LogP contribution in [0.3, 0.4) is 0 Å². The highest BCUT2D eigenvalue weighted by atomic mass is 35.5. The second-order valence-electron chi connectivity index (χ2n) is 8.42. The Morgan fingerprint density at radius 3 is 2.53 bits per heavy atom. The molecule has 1 saturated carbocycles. The van der Waals surface area contributed by atoms with E-state index in [0.29, 0.717) is 5.92 Å². The van der Waals surface area contributed by atoms with E-state index in [1.807, 2.05) is 18.2 Å². The number of halogens is 2. The average Bonchev–Trinajstić information content (AvgIpc) is 2.80. The van der Waals surface area contributed by atoms with Crippen molar-refractivity contribution in [1.82, 2.24) is 5.32 Å². The van der Waals surface area contributed by atoms with Crippen molar-refractivity contribution in [3.63, 3.8) is 0 Å². The number of rotatable bonds is 8. The van der Waals surface area contributed by atoms with Crippen molar-refractivity contribution in [2.45, 2.75) is 56.9 Å². The van der Waals surface area contributed by atoms with Crippen LogP contribution < -0.4 is 10.6 Å². The van der Waals surface area contributed by atoms with Crippen LogP contribution in [0, 0.1) is 11.7 Å². The summed E-state index contributed by atoms with van der Waals surface area (Å²) in [6.45, 7) is 0.183. The molecule has 1 aliphatic carbocycles. The van der Waals surface area contributed by atoms with E-state index in [1.54, 1.807) is 0 Å². The van der Waals surface area contributed by atoms with E-state index in [-0.39, 0.29) is 29.3 Å². The summed E-state index contributed by atoms with van der Waals surface area (Å²) in [4.78, 5) is 24.9. The van der Waals surface area contributed by atoms with Gasteiger partial charge < -0.3 is 15.7 Å². The molecule has 32 heavy (non-hydrogen) atoms. The van der Waals surface area contributed by atoms with E-state index in [9.17, 15) is 14.0 Å². The van der Waals surface area contributed by atoms with E-state index in [1.165, 1.54) is 17.7 Å². The van der Waals surface area contributed by atoms with Gasteiger partial charge in [0, 0.05) is 18.3 Å². The quantitative estimate of drug-likeness (QED) is 0.381. The first-order valence-electron chi connectivity index (χ1n) is 11.2. The largest absolute Gasteiger partial charge is 0.396 e. The van der Waals surface area contributed by atoms with Gasteiger partial charge in [-0.3, -0.25) is 9.59 Å². The maximum absolute atomic E-state index is 13.6. The number of anilines is 1. The number of hydrogen-bond donors (Lipinski definition) is 3. The molecule has 5 nitrogen and oxygen atoms in total. The van der Waals surface area contributed by atoms with E-state index >= 15 is 0 Å². The maximum atomic E-state index is 13.6. The minimum atomic E-state index is -0.823. The summed E-state index contributed by atoms with van der Waals surface area (Å²) >= 11 is 5.66. The Labute approximate surface area is 193 Å². The molecule has 0 aliphatic heterocycles. The van der Waals surface area contributed by atoms with Gasteiger partial charge in [-0.15, -0.1) is 0 Å². The van der Waals surface area contributed by atoms with Crippen LogP contribution in [0.1, 0.15) is 56.4 Å². The molecule has 0 saturated heterocycles. The summed E-state index contributed by atoms with van der Waals surface area (Å²) in [7, 11) is 0. The third kappa shape index (κ3) is 6.78. The minimum absolute atomic E-state index is 0.0494. The topological polar surface area (TPSA) is 78.4 Å². The second-order valence-corrected chi connectivity index (χ2v) is 8.82. The van der Waals surface area contributed by atoms with Crippen LogP contribution in [0.2, 0.25) is 5.02 Å². The molecule has 3 rings (SSSR count). The number of aliphatic hydroxyl groups excluding tert-OH is 1. The lowest BCUT2D eigenvalue weighted by Gasteiger charge is -2.37. The molecule has 1 aliphatic rings. The van der Waals surface area contributed by atoms with Crippen molar-refractivity contribution >= 4 is 29.1 Å².